The third-order valence-corrected chi connectivity index (χ3v) is 5.32. The molecular weight excluding hydrogens is 318 g/mol. The molecule has 0 aliphatic heterocycles. The summed E-state index contributed by atoms with van der Waals surface area (Å²) < 4.78 is 6.74. The molecule has 3 aromatic heterocycles. The molecule has 1 fully saturated rings. The Morgan fingerprint density at radius 1 is 1.28 bits per heavy atom. The lowest BCUT2D eigenvalue weighted by Gasteiger charge is -2.24. The molecule has 3 heterocycles. The number of imidazole rings is 2. The fourth-order valence-corrected chi connectivity index (χ4v) is 4.11. The normalized spacial score (nSPS) is 16.1. The van der Waals surface area contributed by atoms with Gasteiger partial charge in [-0.05, 0) is 19.8 Å². The SMILES string of the molecule is C=CCn1c(=O)c2c(nc3n(C4CCCCC4)c(C)cn23)n(C)c1=O. The average molecular weight is 341 g/mol. The van der Waals surface area contributed by atoms with Gasteiger partial charge in [-0.2, -0.15) is 4.98 Å². The maximum Gasteiger partial charge on any atom is 0.332 e. The minimum absolute atomic E-state index is 0.191. The molecule has 0 amide bonds. The van der Waals surface area contributed by atoms with E-state index in [4.69, 9.17) is 0 Å². The third kappa shape index (κ3) is 2.22. The summed E-state index contributed by atoms with van der Waals surface area (Å²) in [7, 11) is 1.66. The second kappa shape index (κ2) is 5.75. The Morgan fingerprint density at radius 3 is 2.68 bits per heavy atom. The Kier molecular flexibility index (Phi) is 3.67. The van der Waals surface area contributed by atoms with E-state index in [0.29, 0.717) is 17.2 Å². The highest BCUT2D eigenvalue weighted by Gasteiger charge is 2.24. The molecule has 7 heteroatoms. The number of fused-ring (bicyclic) bond motifs is 3. The van der Waals surface area contributed by atoms with Crippen LogP contribution in [0.25, 0.3) is 16.9 Å². The van der Waals surface area contributed by atoms with E-state index in [0.717, 1.165) is 24.3 Å². The summed E-state index contributed by atoms with van der Waals surface area (Å²) in [4.78, 5) is 30.0. The number of aryl methyl sites for hydroxylation is 2. The van der Waals surface area contributed by atoms with Crippen molar-refractivity contribution in [3.63, 3.8) is 0 Å². The van der Waals surface area contributed by atoms with Crippen LogP contribution in [-0.2, 0) is 13.6 Å². The molecule has 1 aliphatic rings. The molecule has 25 heavy (non-hydrogen) atoms. The zero-order valence-electron chi connectivity index (χ0n) is 14.7. The number of rotatable bonds is 3. The van der Waals surface area contributed by atoms with E-state index in [1.54, 1.807) is 13.1 Å². The molecule has 132 valence electrons. The van der Waals surface area contributed by atoms with Gasteiger partial charge in [0.05, 0.1) is 0 Å². The second-order valence-corrected chi connectivity index (χ2v) is 6.93. The van der Waals surface area contributed by atoms with Gasteiger partial charge in [0.2, 0.25) is 5.78 Å². The van der Waals surface area contributed by atoms with Gasteiger partial charge >= 0.3 is 5.69 Å². The minimum Gasteiger partial charge on any atom is -0.311 e. The molecule has 0 unspecified atom stereocenters. The predicted molar refractivity (Wildman–Crippen MR) is 97.2 cm³/mol. The third-order valence-electron chi connectivity index (χ3n) is 5.32. The molecule has 0 aromatic carbocycles. The fourth-order valence-electron chi connectivity index (χ4n) is 4.11. The van der Waals surface area contributed by atoms with E-state index >= 15 is 0 Å². The summed E-state index contributed by atoms with van der Waals surface area (Å²) >= 11 is 0. The van der Waals surface area contributed by atoms with Gasteiger partial charge in [-0.1, -0.05) is 25.3 Å². The summed E-state index contributed by atoms with van der Waals surface area (Å²) in [5.74, 6) is 0.753. The Morgan fingerprint density at radius 2 is 2.00 bits per heavy atom. The number of hydrogen-bond acceptors (Lipinski definition) is 3. The molecule has 0 N–H and O–H groups in total. The molecule has 7 nitrogen and oxygen atoms in total. The first-order chi connectivity index (χ1) is 12.0. The van der Waals surface area contributed by atoms with Crippen molar-refractivity contribution in [2.24, 2.45) is 7.05 Å². The van der Waals surface area contributed by atoms with Gasteiger partial charge in [0.25, 0.3) is 5.56 Å². The van der Waals surface area contributed by atoms with Crippen LogP contribution in [-0.4, -0.2) is 23.1 Å². The van der Waals surface area contributed by atoms with E-state index in [1.165, 1.54) is 28.4 Å². The van der Waals surface area contributed by atoms with Crippen molar-refractivity contribution in [3.05, 3.63) is 45.4 Å². The van der Waals surface area contributed by atoms with Crippen molar-refractivity contribution < 1.29 is 0 Å². The summed E-state index contributed by atoms with van der Waals surface area (Å²) in [6, 6.07) is 0.412. The smallest absolute Gasteiger partial charge is 0.311 e. The highest BCUT2D eigenvalue weighted by Crippen LogP contribution is 2.31. The molecule has 4 rings (SSSR count). The second-order valence-electron chi connectivity index (χ2n) is 6.93. The average Bonchev–Trinajstić information content (AvgIpc) is 3.12. The topological polar surface area (TPSA) is 66.2 Å². The number of allylic oxidation sites excluding steroid dienone is 1. The summed E-state index contributed by atoms with van der Waals surface area (Å²) in [6.45, 7) is 5.89. The Hall–Kier alpha value is -2.57. The van der Waals surface area contributed by atoms with Gasteiger partial charge in [0, 0.05) is 31.5 Å². The molecule has 0 radical (unpaired) electrons. The summed E-state index contributed by atoms with van der Waals surface area (Å²) in [6.07, 6.45) is 9.51. The highest BCUT2D eigenvalue weighted by atomic mass is 16.2. The summed E-state index contributed by atoms with van der Waals surface area (Å²) in [5.41, 5.74) is 1.32. The van der Waals surface area contributed by atoms with E-state index in [-0.39, 0.29) is 17.8 Å². The minimum atomic E-state index is -0.362. The Bertz CT molecular complexity index is 1090. The van der Waals surface area contributed by atoms with Crippen LogP contribution in [0.3, 0.4) is 0 Å². The molecule has 3 aromatic rings. The molecule has 1 aliphatic carbocycles. The van der Waals surface area contributed by atoms with Gasteiger partial charge in [-0.3, -0.25) is 18.3 Å². The van der Waals surface area contributed by atoms with Crippen LogP contribution in [0.2, 0.25) is 0 Å². The van der Waals surface area contributed by atoms with Gasteiger partial charge in [0.1, 0.15) is 0 Å². The van der Waals surface area contributed by atoms with E-state index < -0.39 is 0 Å². The van der Waals surface area contributed by atoms with Crippen molar-refractivity contribution in [1.82, 2.24) is 23.1 Å². The fraction of sp³-hybridized carbons (Fsp3) is 0.500. The first-order valence-electron chi connectivity index (χ1n) is 8.85. The number of hydrogen-bond donors (Lipinski definition) is 0. The lowest BCUT2D eigenvalue weighted by molar-refractivity contribution is 0.355. The molecule has 0 atom stereocenters. The maximum atomic E-state index is 12.9. The predicted octanol–water partition coefficient (Wildman–Crippen LogP) is 2.15. The van der Waals surface area contributed by atoms with E-state index in [2.05, 4.69) is 23.1 Å². The maximum absolute atomic E-state index is 12.9. The Balaban J connectivity index is 2.07. The van der Waals surface area contributed by atoms with Gasteiger partial charge in [-0.15, -0.1) is 6.58 Å². The highest BCUT2D eigenvalue weighted by molar-refractivity contribution is 5.75. The van der Waals surface area contributed by atoms with E-state index in [9.17, 15) is 9.59 Å². The van der Waals surface area contributed by atoms with Crippen LogP contribution in [0.15, 0.2) is 28.4 Å². The van der Waals surface area contributed by atoms with Gasteiger partial charge < -0.3 is 4.57 Å². The largest absolute Gasteiger partial charge is 0.332 e. The molecule has 0 saturated heterocycles. The molecule has 1 saturated carbocycles. The zero-order chi connectivity index (χ0) is 17.7. The van der Waals surface area contributed by atoms with E-state index in [1.807, 2.05) is 10.6 Å². The lowest BCUT2D eigenvalue weighted by atomic mass is 9.95. The lowest BCUT2D eigenvalue weighted by Crippen LogP contribution is -2.39. The van der Waals surface area contributed by atoms with Crippen LogP contribution < -0.4 is 11.2 Å². The van der Waals surface area contributed by atoms with Crippen LogP contribution >= 0.6 is 0 Å². The van der Waals surface area contributed by atoms with Crippen molar-refractivity contribution in [2.45, 2.75) is 51.6 Å². The first-order valence-corrected chi connectivity index (χ1v) is 8.85. The monoisotopic (exact) mass is 341 g/mol. The molecule has 0 bridgehead atoms. The van der Waals surface area contributed by atoms with Crippen molar-refractivity contribution in [1.29, 1.82) is 0 Å². The van der Waals surface area contributed by atoms with Crippen LogP contribution in [0.1, 0.15) is 43.8 Å². The van der Waals surface area contributed by atoms with Crippen molar-refractivity contribution in [3.8, 4) is 0 Å². The van der Waals surface area contributed by atoms with Crippen LogP contribution in [0, 0.1) is 6.92 Å². The van der Waals surface area contributed by atoms with Crippen molar-refractivity contribution in [2.75, 3.05) is 0 Å². The standard InChI is InChI=1S/C18H23N5O2/c1-4-10-21-16(24)14-15(20(3)18(21)25)19-17-22(14)11-12(2)23(17)13-8-6-5-7-9-13/h4,11,13H,1,5-10H2,2-3H3. The van der Waals surface area contributed by atoms with Gasteiger partial charge in [0.15, 0.2) is 11.2 Å². The molecule has 0 spiro atoms. The number of aromatic nitrogens is 5. The van der Waals surface area contributed by atoms with Crippen LogP contribution in [0.5, 0.6) is 0 Å². The zero-order valence-corrected chi connectivity index (χ0v) is 14.7. The Labute approximate surface area is 144 Å². The summed E-state index contributed by atoms with van der Waals surface area (Å²) in [5, 5.41) is 0. The number of nitrogens with zero attached hydrogens (tertiary/aromatic N) is 5. The van der Waals surface area contributed by atoms with Crippen molar-refractivity contribution >= 4 is 16.9 Å². The van der Waals surface area contributed by atoms with Crippen LogP contribution in [0.4, 0.5) is 0 Å². The first kappa shape index (κ1) is 15.9. The quantitative estimate of drug-likeness (QED) is 0.686. The van der Waals surface area contributed by atoms with Gasteiger partial charge in [-0.25, -0.2) is 4.79 Å². The molecular formula is C18H23N5O2.